The van der Waals surface area contributed by atoms with Crippen LogP contribution in [0.5, 0.6) is 0 Å². The summed E-state index contributed by atoms with van der Waals surface area (Å²) in [5.74, 6) is 1.05. The van der Waals surface area contributed by atoms with Crippen molar-refractivity contribution in [2.75, 3.05) is 48.3 Å². The summed E-state index contributed by atoms with van der Waals surface area (Å²) in [5, 5.41) is 12.0. The summed E-state index contributed by atoms with van der Waals surface area (Å²) < 4.78 is 1.78. The van der Waals surface area contributed by atoms with E-state index in [4.69, 9.17) is 0 Å². The molecule has 1 N–H and O–H groups in total. The number of aromatic nitrogens is 5. The van der Waals surface area contributed by atoms with Gasteiger partial charge in [0.25, 0.3) is 5.91 Å². The van der Waals surface area contributed by atoms with Crippen LogP contribution in [0.3, 0.4) is 0 Å². The summed E-state index contributed by atoms with van der Waals surface area (Å²) in [5.41, 5.74) is 5.89. The Bertz CT molecular complexity index is 1470. The number of anilines is 3. The lowest BCUT2D eigenvalue weighted by Gasteiger charge is -2.27. The minimum Gasteiger partial charge on any atom is -0.357 e. The van der Waals surface area contributed by atoms with Crippen LogP contribution in [0.25, 0.3) is 5.69 Å². The van der Waals surface area contributed by atoms with Gasteiger partial charge in [-0.1, -0.05) is 35.5 Å². The van der Waals surface area contributed by atoms with Gasteiger partial charge in [0.05, 0.1) is 17.6 Å². The van der Waals surface area contributed by atoms with Crippen molar-refractivity contribution in [3.8, 4) is 5.69 Å². The van der Waals surface area contributed by atoms with Gasteiger partial charge in [-0.05, 0) is 42.7 Å². The molecule has 2 aliphatic rings. The zero-order chi connectivity index (χ0) is 26.1. The molecule has 0 spiro atoms. The number of amides is 1. The Morgan fingerprint density at radius 3 is 2.71 bits per heavy atom. The van der Waals surface area contributed by atoms with Crippen LogP contribution in [0.2, 0.25) is 0 Å². The molecule has 0 unspecified atom stereocenters. The average Bonchev–Trinajstić information content (AvgIpc) is 3.37. The Morgan fingerprint density at radius 1 is 1.00 bits per heavy atom. The molecule has 0 aliphatic carbocycles. The van der Waals surface area contributed by atoms with Gasteiger partial charge in [0.2, 0.25) is 5.95 Å². The van der Waals surface area contributed by atoms with Crippen LogP contribution in [0.1, 0.15) is 34.1 Å². The Morgan fingerprint density at radius 2 is 1.84 bits per heavy atom. The van der Waals surface area contributed by atoms with Crippen molar-refractivity contribution in [1.82, 2.24) is 29.9 Å². The van der Waals surface area contributed by atoms with Crippen molar-refractivity contribution in [2.45, 2.75) is 26.4 Å². The van der Waals surface area contributed by atoms with Crippen LogP contribution in [0.4, 0.5) is 17.5 Å². The van der Waals surface area contributed by atoms with Gasteiger partial charge >= 0.3 is 0 Å². The fourth-order valence-electron chi connectivity index (χ4n) is 5.13. The highest BCUT2D eigenvalue weighted by atomic mass is 16.2. The third-order valence-electron chi connectivity index (χ3n) is 7.14. The van der Waals surface area contributed by atoms with E-state index >= 15 is 0 Å². The van der Waals surface area contributed by atoms with Gasteiger partial charge in [0.1, 0.15) is 11.4 Å². The average molecular weight is 510 g/mol. The van der Waals surface area contributed by atoms with Crippen LogP contribution in [0.15, 0.2) is 60.9 Å². The van der Waals surface area contributed by atoms with Crippen molar-refractivity contribution in [3.05, 3.63) is 83.3 Å². The van der Waals surface area contributed by atoms with E-state index < -0.39 is 0 Å². The van der Waals surface area contributed by atoms with Gasteiger partial charge in [0.15, 0.2) is 0 Å². The van der Waals surface area contributed by atoms with Crippen molar-refractivity contribution in [3.63, 3.8) is 0 Å². The van der Waals surface area contributed by atoms with Crippen LogP contribution in [0, 0.1) is 0 Å². The van der Waals surface area contributed by atoms with Crippen molar-refractivity contribution >= 4 is 23.4 Å². The van der Waals surface area contributed by atoms with E-state index in [2.05, 4.69) is 54.8 Å². The predicted octanol–water partition coefficient (Wildman–Crippen LogP) is 3.14. The topological polar surface area (TPSA) is 95.3 Å². The molecule has 10 heteroatoms. The summed E-state index contributed by atoms with van der Waals surface area (Å²) >= 11 is 0. The Labute approximate surface area is 221 Å². The molecule has 0 bridgehead atoms. The minimum absolute atomic E-state index is 0.116. The number of fused-ring (bicyclic) bond motifs is 2. The molecular weight excluding hydrogens is 478 g/mol. The maximum absolute atomic E-state index is 13.6. The molecule has 0 radical (unpaired) electrons. The van der Waals surface area contributed by atoms with Crippen molar-refractivity contribution < 1.29 is 4.79 Å². The van der Waals surface area contributed by atoms with Crippen LogP contribution in [-0.4, -0.2) is 69.0 Å². The SMILES string of the molecule is CCNc1ncc2c(n1)N(C)CCN(c1cccc(-n3cc(CN4CCc5ccccc5C4)nn3)c1)C2=O. The molecule has 0 atom stereocenters. The van der Waals surface area contributed by atoms with Crippen molar-refractivity contribution in [1.29, 1.82) is 0 Å². The highest BCUT2D eigenvalue weighted by Gasteiger charge is 2.28. The van der Waals surface area contributed by atoms with E-state index in [1.165, 1.54) is 11.1 Å². The second-order valence-electron chi connectivity index (χ2n) is 9.74. The van der Waals surface area contributed by atoms with Crippen LogP contribution >= 0.6 is 0 Å². The first-order chi connectivity index (χ1) is 18.6. The second-order valence-corrected chi connectivity index (χ2v) is 9.74. The van der Waals surface area contributed by atoms with E-state index in [0.717, 1.165) is 43.1 Å². The predicted molar refractivity (Wildman–Crippen MR) is 147 cm³/mol. The highest BCUT2D eigenvalue weighted by molar-refractivity contribution is 6.09. The molecule has 2 aromatic heterocycles. The molecule has 38 heavy (non-hydrogen) atoms. The maximum atomic E-state index is 13.6. The van der Waals surface area contributed by atoms with Gasteiger partial charge in [-0.3, -0.25) is 9.69 Å². The first kappa shape index (κ1) is 24.1. The largest absolute Gasteiger partial charge is 0.357 e. The molecule has 194 valence electrons. The van der Waals surface area contributed by atoms with Crippen molar-refractivity contribution in [2.24, 2.45) is 0 Å². The smallest absolute Gasteiger partial charge is 0.263 e. The quantitative estimate of drug-likeness (QED) is 0.424. The molecule has 4 aromatic rings. The lowest BCUT2D eigenvalue weighted by Crippen LogP contribution is -2.33. The maximum Gasteiger partial charge on any atom is 0.263 e. The van der Waals surface area contributed by atoms with Gasteiger partial charge in [-0.2, -0.15) is 4.98 Å². The normalized spacial score (nSPS) is 15.7. The summed E-state index contributed by atoms with van der Waals surface area (Å²) in [6.07, 6.45) is 4.64. The van der Waals surface area contributed by atoms with Crippen LogP contribution in [-0.2, 0) is 19.5 Å². The Hall–Kier alpha value is -4.31. The van der Waals surface area contributed by atoms with Crippen LogP contribution < -0.4 is 15.1 Å². The fourth-order valence-corrected chi connectivity index (χ4v) is 5.13. The number of benzene rings is 2. The molecule has 4 heterocycles. The summed E-state index contributed by atoms with van der Waals surface area (Å²) in [4.78, 5) is 28.7. The molecule has 10 nitrogen and oxygen atoms in total. The third kappa shape index (κ3) is 4.70. The van der Waals surface area contributed by atoms with E-state index in [-0.39, 0.29) is 5.91 Å². The summed E-state index contributed by atoms with van der Waals surface area (Å²) in [6, 6.07) is 16.5. The first-order valence-electron chi connectivity index (χ1n) is 13.0. The number of carbonyl (C=O) groups excluding carboxylic acids is 1. The number of hydrogen-bond acceptors (Lipinski definition) is 8. The van der Waals surface area contributed by atoms with E-state index in [1.807, 2.05) is 49.3 Å². The molecule has 1 amide bonds. The third-order valence-corrected chi connectivity index (χ3v) is 7.14. The first-order valence-corrected chi connectivity index (χ1v) is 13.0. The number of nitrogens with zero attached hydrogens (tertiary/aromatic N) is 8. The Balaban J connectivity index is 1.21. The molecule has 6 rings (SSSR count). The number of hydrogen-bond donors (Lipinski definition) is 1. The Kier molecular flexibility index (Phi) is 6.47. The second kappa shape index (κ2) is 10.2. The molecule has 0 saturated heterocycles. The highest BCUT2D eigenvalue weighted by Crippen LogP contribution is 2.27. The molecule has 2 aliphatic heterocycles. The number of carbonyl (C=O) groups is 1. The molecular formula is C28H31N9O. The van der Waals surface area contributed by atoms with Gasteiger partial charge in [0, 0.05) is 58.2 Å². The number of likely N-dealkylation sites (N-methyl/N-ethyl adjacent to an activating group) is 1. The van der Waals surface area contributed by atoms with E-state index in [9.17, 15) is 4.79 Å². The zero-order valence-corrected chi connectivity index (χ0v) is 21.7. The lowest BCUT2D eigenvalue weighted by atomic mass is 10.00. The summed E-state index contributed by atoms with van der Waals surface area (Å²) in [7, 11) is 1.95. The van der Waals surface area contributed by atoms with Gasteiger partial charge in [-0.25, -0.2) is 9.67 Å². The monoisotopic (exact) mass is 509 g/mol. The van der Waals surface area contributed by atoms with E-state index in [0.29, 0.717) is 37.0 Å². The van der Waals surface area contributed by atoms with Gasteiger partial charge < -0.3 is 15.1 Å². The van der Waals surface area contributed by atoms with E-state index in [1.54, 1.807) is 15.8 Å². The van der Waals surface area contributed by atoms with Gasteiger partial charge in [-0.15, -0.1) is 5.10 Å². The lowest BCUT2D eigenvalue weighted by molar-refractivity contribution is 0.0989. The molecule has 0 fully saturated rings. The zero-order valence-electron chi connectivity index (χ0n) is 21.7. The number of rotatable bonds is 6. The molecule has 2 aromatic carbocycles. The fraction of sp³-hybridized carbons (Fsp3) is 0.321. The molecule has 0 saturated carbocycles. The number of nitrogens with one attached hydrogen (secondary N) is 1. The standard InChI is InChI=1S/C28H31N9O/c1-3-29-28-30-16-25-26(31-28)34(2)13-14-36(27(25)38)23-9-6-10-24(15-23)37-19-22(32-33-37)18-35-12-11-20-7-4-5-8-21(20)17-35/h4-10,15-16,19H,3,11-14,17-18H2,1-2H3,(H,29,30,31). The minimum atomic E-state index is -0.116. The summed E-state index contributed by atoms with van der Waals surface area (Å²) in [6.45, 7) is 6.56.